The number of nitrogens with one attached hydrogen (secondary N) is 1. The minimum absolute atomic E-state index is 0.0393. The van der Waals surface area contributed by atoms with E-state index in [1.807, 2.05) is 30.3 Å². The molecule has 2 rings (SSSR count). The van der Waals surface area contributed by atoms with Crippen LogP contribution in [0.3, 0.4) is 0 Å². The highest BCUT2D eigenvalue weighted by molar-refractivity contribution is 7.89. The molecule has 10 heteroatoms. The molecule has 0 radical (unpaired) electrons. The van der Waals surface area contributed by atoms with Gasteiger partial charge in [0.15, 0.2) is 0 Å². The summed E-state index contributed by atoms with van der Waals surface area (Å²) in [6, 6.07) is 13.8. The van der Waals surface area contributed by atoms with Crippen molar-refractivity contribution in [2.45, 2.75) is 18.2 Å². The summed E-state index contributed by atoms with van der Waals surface area (Å²) in [6.45, 7) is 1.52. The maximum absolute atomic E-state index is 12.6. The van der Waals surface area contributed by atoms with Crippen molar-refractivity contribution in [3.63, 3.8) is 0 Å². The minimum Gasteiger partial charge on any atom is -0.325 e. The summed E-state index contributed by atoms with van der Waals surface area (Å²) in [7, 11) is -4.43. The molecule has 0 heterocycles. The number of aryl methyl sites for hydroxylation is 1. The highest BCUT2D eigenvalue weighted by atomic mass is 32.2. The Morgan fingerprint density at radius 1 is 1.00 bits per heavy atom. The summed E-state index contributed by atoms with van der Waals surface area (Å²) < 4.78 is 51.1. The van der Waals surface area contributed by atoms with Gasteiger partial charge >= 0.3 is 0 Å². The number of carbonyl (C=O) groups is 1. The number of sulfonamides is 2. The molecule has 0 atom stereocenters. The molecule has 2 aromatic rings. The van der Waals surface area contributed by atoms with E-state index >= 15 is 0 Å². The maximum Gasteiger partial charge on any atom is 0.242 e. The van der Waals surface area contributed by atoms with E-state index in [2.05, 4.69) is 5.32 Å². The van der Waals surface area contributed by atoms with E-state index in [1.54, 1.807) is 13.0 Å². The molecule has 2 aromatic carbocycles. The number of anilines is 1. The van der Waals surface area contributed by atoms with Gasteiger partial charge in [-0.05, 0) is 36.6 Å². The number of hydrogen-bond acceptors (Lipinski definition) is 5. The molecule has 0 saturated carbocycles. The van der Waals surface area contributed by atoms with Crippen LogP contribution in [0.5, 0.6) is 0 Å². The van der Waals surface area contributed by atoms with E-state index in [4.69, 9.17) is 0 Å². The second kappa shape index (κ2) is 9.69. The average Bonchev–Trinajstić information content (AvgIpc) is 2.66. The van der Waals surface area contributed by atoms with Crippen LogP contribution in [0.1, 0.15) is 11.1 Å². The topological polar surface area (TPSA) is 104 Å². The maximum atomic E-state index is 12.6. The fraction of sp³-hybridized carbons (Fsp3) is 0.350. The third-order valence-corrected chi connectivity index (χ3v) is 7.60. The summed E-state index contributed by atoms with van der Waals surface area (Å²) in [5.41, 5.74) is 1.94. The van der Waals surface area contributed by atoms with Crippen LogP contribution in [0.4, 0.5) is 5.69 Å². The summed E-state index contributed by atoms with van der Waals surface area (Å²) in [6.07, 6.45) is 1.53. The van der Waals surface area contributed by atoms with Crippen molar-refractivity contribution in [2.75, 3.05) is 38.8 Å². The normalized spacial score (nSPS) is 12.3. The molecule has 0 bridgehead atoms. The van der Waals surface area contributed by atoms with E-state index in [-0.39, 0.29) is 18.0 Å². The lowest BCUT2D eigenvalue weighted by atomic mass is 10.1. The first-order valence-corrected chi connectivity index (χ1v) is 12.5. The van der Waals surface area contributed by atoms with Crippen molar-refractivity contribution in [3.8, 4) is 0 Å². The van der Waals surface area contributed by atoms with Gasteiger partial charge in [-0.3, -0.25) is 4.79 Å². The van der Waals surface area contributed by atoms with Crippen LogP contribution in [0.15, 0.2) is 53.4 Å². The third-order valence-electron chi connectivity index (χ3n) is 4.54. The second-order valence-electron chi connectivity index (χ2n) is 7.14. The lowest BCUT2D eigenvalue weighted by Gasteiger charge is -2.20. The molecule has 0 aliphatic carbocycles. The smallest absolute Gasteiger partial charge is 0.242 e. The highest BCUT2D eigenvalue weighted by Crippen LogP contribution is 2.22. The second-order valence-corrected chi connectivity index (χ2v) is 11.3. The Labute approximate surface area is 178 Å². The zero-order valence-electron chi connectivity index (χ0n) is 17.5. The fourth-order valence-electron chi connectivity index (χ4n) is 2.72. The van der Waals surface area contributed by atoms with Gasteiger partial charge in [-0.2, -0.15) is 4.31 Å². The van der Waals surface area contributed by atoms with Gasteiger partial charge in [0.2, 0.25) is 26.0 Å². The van der Waals surface area contributed by atoms with Crippen molar-refractivity contribution >= 4 is 31.6 Å². The lowest BCUT2D eigenvalue weighted by molar-refractivity contribution is -0.116. The Kier molecular flexibility index (Phi) is 7.75. The first-order chi connectivity index (χ1) is 13.9. The van der Waals surface area contributed by atoms with Gasteiger partial charge in [-0.25, -0.2) is 21.1 Å². The van der Waals surface area contributed by atoms with Crippen molar-refractivity contribution in [3.05, 3.63) is 59.7 Å². The number of benzene rings is 2. The Morgan fingerprint density at radius 3 is 2.20 bits per heavy atom. The van der Waals surface area contributed by atoms with Gasteiger partial charge in [0, 0.05) is 26.3 Å². The van der Waals surface area contributed by atoms with Crippen LogP contribution >= 0.6 is 0 Å². The van der Waals surface area contributed by atoms with Gasteiger partial charge in [0.1, 0.15) is 0 Å². The standard InChI is InChI=1S/C20H27N3O5S2/c1-16-10-11-18(30(27,28)22(2)3)14-19(16)21-20(24)15-23(29(4,25)26)13-12-17-8-6-5-7-9-17/h5-11,14H,12-13,15H2,1-4H3,(H,21,24). The Hall–Kier alpha value is -2.27. The Morgan fingerprint density at radius 2 is 1.63 bits per heavy atom. The molecule has 0 aromatic heterocycles. The molecule has 0 saturated heterocycles. The molecule has 30 heavy (non-hydrogen) atoms. The first-order valence-electron chi connectivity index (χ1n) is 9.23. The van der Waals surface area contributed by atoms with Gasteiger partial charge < -0.3 is 5.32 Å². The van der Waals surface area contributed by atoms with Crippen LogP contribution in [0.2, 0.25) is 0 Å². The van der Waals surface area contributed by atoms with Crippen molar-refractivity contribution in [1.29, 1.82) is 0 Å². The number of amides is 1. The molecule has 1 N–H and O–H groups in total. The van der Waals surface area contributed by atoms with Crippen LogP contribution in [-0.2, 0) is 31.3 Å². The Balaban J connectivity index is 2.15. The molecule has 0 fully saturated rings. The molecule has 0 aliphatic rings. The SMILES string of the molecule is Cc1ccc(S(=O)(=O)N(C)C)cc1NC(=O)CN(CCc1ccccc1)S(C)(=O)=O. The van der Waals surface area contributed by atoms with Gasteiger partial charge in [0.05, 0.1) is 17.7 Å². The van der Waals surface area contributed by atoms with Crippen molar-refractivity contribution in [2.24, 2.45) is 0 Å². The number of carbonyl (C=O) groups excluding carboxylic acids is 1. The third kappa shape index (κ3) is 6.36. The highest BCUT2D eigenvalue weighted by Gasteiger charge is 2.22. The monoisotopic (exact) mass is 453 g/mol. The zero-order valence-corrected chi connectivity index (χ0v) is 19.1. The Bertz CT molecular complexity index is 1100. The van der Waals surface area contributed by atoms with E-state index in [0.29, 0.717) is 17.7 Å². The zero-order chi connectivity index (χ0) is 22.5. The number of hydrogen-bond donors (Lipinski definition) is 1. The minimum atomic E-state index is -3.66. The molecule has 8 nitrogen and oxygen atoms in total. The van der Waals surface area contributed by atoms with Gasteiger partial charge in [0.25, 0.3) is 0 Å². The molecule has 1 amide bonds. The van der Waals surface area contributed by atoms with Crippen LogP contribution in [-0.4, -0.2) is 64.8 Å². The van der Waals surface area contributed by atoms with E-state index < -0.39 is 26.0 Å². The quantitative estimate of drug-likeness (QED) is 0.622. The molecular weight excluding hydrogens is 426 g/mol. The van der Waals surface area contributed by atoms with E-state index in [9.17, 15) is 21.6 Å². The first kappa shape index (κ1) is 24.0. The van der Waals surface area contributed by atoms with E-state index in [1.165, 1.54) is 26.2 Å². The number of nitrogens with zero attached hydrogens (tertiary/aromatic N) is 2. The largest absolute Gasteiger partial charge is 0.325 e. The van der Waals surface area contributed by atoms with Crippen LogP contribution in [0, 0.1) is 6.92 Å². The van der Waals surface area contributed by atoms with Gasteiger partial charge in [-0.1, -0.05) is 36.4 Å². The lowest BCUT2D eigenvalue weighted by Crippen LogP contribution is -2.38. The van der Waals surface area contributed by atoms with Gasteiger partial charge in [-0.15, -0.1) is 0 Å². The molecule has 0 unspecified atom stereocenters. The van der Waals surface area contributed by atoms with Crippen LogP contribution < -0.4 is 5.32 Å². The summed E-state index contributed by atoms with van der Waals surface area (Å²) in [5, 5.41) is 2.63. The predicted octanol–water partition coefficient (Wildman–Crippen LogP) is 1.69. The molecule has 0 aliphatic heterocycles. The molecular formula is C20H27N3O5S2. The summed E-state index contributed by atoms with van der Waals surface area (Å²) in [4.78, 5) is 12.6. The van der Waals surface area contributed by atoms with Crippen molar-refractivity contribution < 1.29 is 21.6 Å². The fourth-order valence-corrected chi connectivity index (χ4v) is 4.42. The summed E-state index contributed by atoms with van der Waals surface area (Å²) in [5.74, 6) is -0.545. The summed E-state index contributed by atoms with van der Waals surface area (Å²) >= 11 is 0. The average molecular weight is 454 g/mol. The predicted molar refractivity (Wildman–Crippen MR) is 117 cm³/mol. The van der Waals surface area contributed by atoms with E-state index in [0.717, 1.165) is 20.4 Å². The van der Waals surface area contributed by atoms with Crippen LogP contribution in [0.25, 0.3) is 0 Å². The molecule has 164 valence electrons. The van der Waals surface area contributed by atoms with Crippen molar-refractivity contribution in [1.82, 2.24) is 8.61 Å². The number of rotatable bonds is 9. The molecule has 0 spiro atoms.